The molecule has 0 amide bonds. The average molecular weight is 373 g/mol. The van der Waals surface area contributed by atoms with E-state index in [0.29, 0.717) is 12.0 Å². The van der Waals surface area contributed by atoms with Crippen LogP contribution in [0.5, 0.6) is 0 Å². The summed E-state index contributed by atoms with van der Waals surface area (Å²) in [4.78, 5) is 2.54. The van der Waals surface area contributed by atoms with Crippen LogP contribution in [0.2, 0.25) is 0 Å². The Morgan fingerprint density at radius 1 is 1.30 bits per heavy atom. The molecular formula is C21H32N4O2. The van der Waals surface area contributed by atoms with Gasteiger partial charge in [-0.15, -0.1) is 0 Å². The molecule has 2 aromatic rings. The van der Waals surface area contributed by atoms with Gasteiger partial charge in [0.1, 0.15) is 0 Å². The van der Waals surface area contributed by atoms with Crippen molar-refractivity contribution in [2.45, 2.75) is 51.9 Å². The fourth-order valence-electron chi connectivity index (χ4n) is 4.25. The number of aryl methyl sites for hydroxylation is 1. The molecule has 0 aliphatic carbocycles. The van der Waals surface area contributed by atoms with E-state index >= 15 is 0 Å². The molecule has 148 valence electrons. The Balaban J connectivity index is 1.29. The molecule has 0 saturated carbocycles. The van der Waals surface area contributed by atoms with Gasteiger partial charge in [0, 0.05) is 82.3 Å². The number of fused-ring (bicyclic) bond motifs is 1. The number of nitrogens with zero attached hydrogens (tertiary/aromatic N) is 4. The largest absolute Gasteiger partial charge is 0.381 e. The summed E-state index contributed by atoms with van der Waals surface area (Å²) in [5.74, 6) is 0.679. The zero-order chi connectivity index (χ0) is 18.5. The first-order valence-corrected chi connectivity index (χ1v) is 10.4. The lowest BCUT2D eigenvalue weighted by Gasteiger charge is -2.35. The average Bonchev–Trinajstić information content (AvgIpc) is 3.35. The summed E-state index contributed by atoms with van der Waals surface area (Å²) in [6, 6.07) is 4.90. The van der Waals surface area contributed by atoms with E-state index in [4.69, 9.17) is 9.47 Å². The van der Waals surface area contributed by atoms with Crippen molar-refractivity contribution in [1.82, 2.24) is 19.2 Å². The third-order valence-electron chi connectivity index (χ3n) is 5.82. The Hall–Kier alpha value is -1.63. The first kappa shape index (κ1) is 18.7. The number of ether oxygens (including phenoxy) is 2. The van der Waals surface area contributed by atoms with Crippen LogP contribution in [0.25, 0.3) is 0 Å². The van der Waals surface area contributed by atoms with Gasteiger partial charge in [-0.1, -0.05) is 0 Å². The van der Waals surface area contributed by atoms with E-state index in [2.05, 4.69) is 46.0 Å². The molecule has 0 N–H and O–H groups in total. The van der Waals surface area contributed by atoms with Crippen LogP contribution in [0.4, 0.5) is 0 Å². The van der Waals surface area contributed by atoms with Crippen molar-refractivity contribution in [3.8, 4) is 0 Å². The predicted octanol–water partition coefficient (Wildman–Crippen LogP) is 3.09. The van der Waals surface area contributed by atoms with Crippen LogP contribution in [0.3, 0.4) is 0 Å². The second-order valence-electron chi connectivity index (χ2n) is 7.85. The van der Waals surface area contributed by atoms with Gasteiger partial charge in [-0.05, 0) is 44.2 Å². The molecule has 0 bridgehead atoms. The maximum absolute atomic E-state index is 6.04. The highest BCUT2D eigenvalue weighted by Gasteiger charge is 2.24. The first-order valence-electron chi connectivity index (χ1n) is 10.4. The van der Waals surface area contributed by atoms with E-state index in [0.717, 1.165) is 71.9 Å². The van der Waals surface area contributed by atoms with Crippen LogP contribution in [0.15, 0.2) is 30.7 Å². The highest BCUT2D eigenvalue weighted by Crippen LogP contribution is 2.26. The minimum absolute atomic E-state index is 0.486. The normalized spacial score (nSPS) is 21.4. The molecule has 1 fully saturated rings. The van der Waals surface area contributed by atoms with Gasteiger partial charge in [0.15, 0.2) is 0 Å². The number of aromatic nitrogens is 3. The summed E-state index contributed by atoms with van der Waals surface area (Å²) >= 11 is 0. The fraction of sp³-hybridized carbons (Fsp3) is 0.667. The smallest absolute Gasteiger partial charge is 0.0534 e. The summed E-state index contributed by atoms with van der Waals surface area (Å²) in [7, 11) is 0. The molecule has 4 rings (SSSR count). The van der Waals surface area contributed by atoms with Gasteiger partial charge >= 0.3 is 0 Å². The van der Waals surface area contributed by atoms with E-state index < -0.39 is 0 Å². The number of hydrogen-bond donors (Lipinski definition) is 0. The molecule has 2 aromatic heterocycles. The first-order chi connectivity index (χ1) is 13.3. The predicted molar refractivity (Wildman–Crippen MR) is 104 cm³/mol. The maximum Gasteiger partial charge on any atom is 0.0534 e. The van der Waals surface area contributed by atoms with Crippen molar-refractivity contribution in [1.29, 1.82) is 0 Å². The summed E-state index contributed by atoms with van der Waals surface area (Å²) < 4.78 is 15.9. The number of rotatable bonds is 8. The third kappa shape index (κ3) is 4.81. The van der Waals surface area contributed by atoms with Crippen molar-refractivity contribution in [2.24, 2.45) is 5.92 Å². The summed E-state index contributed by atoms with van der Waals surface area (Å²) in [5.41, 5.74) is 2.70. The molecule has 0 spiro atoms. The molecule has 1 atom stereocenters. The molecule has 4 heterocycles. The van der Waals surface area contributed by atoms with Gasteiger partial charge in [-0.3, -0.25) is 9.58 Å². The lowest BCUT2D eigenvalue weighted by molar-refractivity contribution is 0.0160. The SMILES string of the molecule is CCn1cc(CN2Cc3cccn3[C@H](CCOCC3CCOCC3)C2)cn1. The number of hydrogen-bond acceptors (Lipinski definition) is 4. The molecule has 6 heteroatoms. The molecule has 6 nitrogen and oxygen atoms in total. The highest BCUT2D eigenvalue weighted by molar-refractivity contribution is 5.13. The van der Waals surface area contributed by atoms with Crippen LogP contribution in [-0.2, 0) is 29.1 Å². The van der Waals surface area contributed by atoms with Crippen molar-refractivity contribution in [3.63, 3.8) is 0 Å². The molecule has 0 unspecified atom stereocenters. The van der Waals surface area contributed by atoms with E-state index in [1.54, 1.807) is 0 Å². The molecule has 0 aromatic carbocycles. The summed E-state index contributed by atoms with van der Waals surface area (Å²) in [5, 5.41) is 4.41. The second-order valence-corrected chi connectivity index (χ2v) is 7.85. The van der Waals surface area contributed by atoms with Gasteiger partial charge in [0.25, 0.3) is 0 Å². The molecule has 0 radical (unpaired) electrons. The van der Waals surface area contributed by atoms with Gasteiger partial charge in [0.05, 0.1) is 6.20 Å². The second kappa shape index (κ2) is 9.04. The van der Waals surface area contributed by atoms with E-state index in [9.17, 15) is 0 Å². The van der Waals surface area contributed by atoms with Crippen LogP contribution >= 0.6 is 0 Å². The van der Waals surface area contributed by atoms with Crippen molar-refractivity contribution in [3.05, 3.63) is 42.0 Å². The van der Waals surface area contributed by atoms with Gasteiger partial charge in [0.2, 0.25) is 0 Å². The fourth-order valence-corrected chi connectivity index (χ4v) is 4.25. The summed E-state index contributed by atoms with van der Waals surface area (Å²) in [6.45, 7) is 9.60. The molecule has 1 saturated heterocycles. The maximum atomic E-state index is 6.04. The van der Waals surface area contributed by atoms with E-state index in [1.807, 2.05) is 10.9 Å². The molecule has 2 aliphatic rings. The molecular weight excluding hydrogens is 340 g/mol. The van der Waals surface area contributed by atoms with E-state index in [1.165, 1.54) is 11.3 Å². The molecule has 2 aliphatic heterocycles. The van der Waals surface area contributed by atoms with Crippen LogP contribution < -0.4 is 0 Å². The topological polar surface area (TPSA) is 44.5 Å². The van der Waals surface area contributed by atoms with E-state index in [-0.39, 0.29) is 0 Å². The standard InChI is InChI=1S/C21H32N4O2/c1-2-24-14-19(12-22-24)13-23-15-20-4-3-8-25(20)21(16-23)7-11-27-17-18-5-9-26-10-6-18/h3-4,8,12,14,18,21H,2,5-7,9-11,13,15-17H2,1H3/t21-/m1/s1. The Morgan fingerprint density at radius 2 is 2.19 bits per heavy atom. The van der Waals surface area contributed by atoms with Crippen LogP contribution in [-0.4, -0.2) is 52.2 Å². The monoisotopic (exact) mass is 372 g/mol. The van der Waals surface area contributed by atoms with Crippen LogP contribution in [0.1, 0.15) is 43.5 Å². The highest BCUT2D eigenvalue weighted by atomic mass is 16.5. The van der Waals surface area contributed by atoms with Crippen LogP contribution in [0, 0.1) is 5.92 Å². The third-order valence-corrected chi connectivity index (χ3v) is 5.82. The Bertz CT molecular complexity index is 705. The lowest BCUT2D eigenvalue weighted by Crippen LogP contribution is -2.37. The minimum atomic E-state index is 0.486. The summed E-state index contributed by atoms with van der Waals surface area (Å²) in [6.07, 6.45) is 9.75. The Labute approximate surface area is 162 Å². The zero-order valence-electron chi connectivity index (χ0n) is 16.4. The van der Waals surface area contributed by atoms with Gasteiger partial charge in [-0.2, -0.15) is 5.10 Å². The van der Waals surface area contributed by atoms with Crippen molar-refractivity contribution in [2.75, 3.05) is 33.0 Å². The van der Waals surface area contributed by atoms with Gasteiger partial charge < -0.3 is 14.0 Å². The minimum Gasteiger partial charge on any atom is -0.381 e. The van der Waals surface area contributed by atoms with Gasteiger partial charge in [-0.25, -0.2) is 0 Å². The van der Waals surface area contributed by atoms with Crippen molar-refractivity contribution >= 4 is 0 Å². The Morgan fingerprint density at radius 3 is 3.00 bits per heavy atom. The van der Waals surface area contributed by atoms with Crippen molar-refractivity contribution < 1.29 is 9.47 Å². The quantitative estimate of drug-likeness (QED) is 0.668. The Kier molecular flexibility index (Phi) is 6.27. The lowest BCUT2D eigenvalue weighted by atomic mass is 10.0. The zero-order valence-corrected chi connectivity index (χ0v) is 16.4. The molecule has 27 heavy (non-hydrogen) atoms.